The van der Waals surface area contributed by atoms with E-state index in [-0.39, 0.29) is 28.4 Å². The summed E-state index contributed by atoms with van der Waals surface area (Å²) in [5, 5.41) is 10.3. The SMILES string of the molecule is CS(=O)(=O)c1nc(-c2ccccc2)cn2c(-c3ccc(C(=O)NC4CC4)cc3)cnc12.CS(=O)c1nc(-c2ccccc2)cn2c(-c3ccc(C(=O)NC4CC4)cc3)cnc12.CSc1nc(-c2ccccc2)cn2c(-c3ccc(C(=O)NC4CC4)cc3)cnc12. The Morgan fingerprint density at radius 1 is 0.456 bits per heavy atom. The number of hydrogen-bond acceptors (Lipinski definition) is 13. The molecule has 0 saturated heterocycles. The Bertz CT molecular complexity index is 4800. The van der Waals surface area contributed by atoms with Crippen LogP contribution in [-0.2, 0) is 20.6 Å². The van der Waals surface area contributed by atoms with Gasteiger partial charge in [0.2, 0.25) is 0 Å². The molecule has 1 atom stereocenters. The number of carbonyl (C=O) groups excluding carboxylic acids is 3. The number of imidazole rings is 3. The van der Waals surface area contributed by atoms with Gasteiger partial charge in [-0.2, -0.15) is 0 Å². The number of nitrogens with one attached hydrogen (secondary N) is 3. The summed E-state index contributed by atoms with van der Waals surface area (Å²) in [5.41, 5.74) is 13.9. The Morgan fingerprint density at radius 2 is 0.789 bits per heavy atom. The lowest BCUT2D eigenvalue weighted by Crippen LogP contribution is -2.25. The number of rotatable bonds is 15. The quantitative estimate of drug-likeness (QED) is 0.0812. The van der Waals surface area contributed by atoms with E-state index in [1.807, 2.05) is 169 Å². The van der Waals surface area contributed by atoms with Crippen LogP contribution in [0.3, 0.4) is 0 Å². The maximum absolute atomic E-state index is 12.4. The van der Waals surface area contributed by atoms with Gasteiger partial charge in [-0.3, -0.25) is 31.8 Å². The standard InChI is InChI=1S/C23H20N4O3S.C23H20N4O2S.C23H20N4OS/c1-31(29,30)23-21-24-13-20(27(21)14-19(26-23)15-5-3-2-4-6-15)16-7-9-17(10-8-16)22(28)25-18-11-12-18;1-30(29)23-21-24-13-20(27(21)14-19(26-23)15-5-3-2-4-6-15)16-7-9-17(10-8-16)22(28)25-18-11-12-18;1-29-23-21-24-13-20(27(21)14-19(26-23)15-5-3-2-4-6-15)16-7-9-17(10-8-16)22(28)25-18-11-12-18/h2-10,13-14,18H,11-12H2,1H3,(H,25,28);2-10,13-14,18H,11-12H2,1H3,(H,25,28);2-10,13-14,18H,11-12H2,1H3,(H,25,28). The second-order valence-corrected chi connectivity index (χ2v) is 26.3. The summed E-state index contributed by atoms with van der Waals surface area (Å²) in [7, 11) is -4.89. The van der Waals surface area contributed by atoms with Crippen molar-refractivity contribution in [3.05, 3.63) is 218 Å². The van der Waals surface area contributed by atoms with E-state index in [2.05, 4.69) is 57.4 Å². The fraction of sp³-hybridized carbons (Fsp3) is 0.174. The highest BCUT2D eigenvalue weighted by Gasteiger charge is 2.27. The van der Waals surface area contributed by atoms with E-state index in [1.54, 1.807) is 53.1 Å². The molecule has 6 aromatic carbocycles. The Balaban J connectivity index is 0.000000124. The van der Waals surface area contributed by atoms with Crippen molar-refractivity contribution < 1.29 is 27.0 Å². The van der Waals surface area contributed by atoms with Gasteiger partial charge in [0.25, 0.3) is 17.7 Å². The van der Waals surface area contributed by atoms with Crippen molar-refractivity contribution >= 4 is 67.1 Å². The third kappa shape index (κ3) is 13.1. The molecule has 6 heterocycles. The zero-order valence-electron chi connectivity index (χ0n) is 49.2. The first kappa shape index (κ1) is 59.0. The van der Waals surface area contributed by atoms with Crippen molar-refractivity contribution in [2.45, 2.75) is 71.7 Å². The molecule has 18 nitrogen and oxygen atoms in total. The highest BCUT2D eigenvalue weighted by Crippen LogP contribution is 2.33. The van der Waals surface area contributed by atoms with Gasteiger partial charge < -0.3 is 16.0 Å². The maximum Gasteiger partial charge on any atom is 0.251 e. The minimum absolute atomic E-state index is 0.00238. The van der Waals surface area contributed by atoms with Gasteiger partial charge in [-0.15, -0.1) is 11.8 Å². The Kier molecular flexibility index (Phi) is 16.6. The number of fused-ring (bicyclic) bond motifs is 3. The van der Waals surface area contributed by atoms with Crippen molar-refractivity contribution in [2.24, 2.45) is 0 Å². The van der Waals surface area contributed by atoms with Crippen molar-refractivity contribution in [1.82, 2.24) is 59.1 Å². The molecule has 3 aliphatic carbocycles. The van der Waals surface area contributed by atoms with Crippen molar-refractivity contribution in [3.63, 3.8) is 0 Å². The van der Waals surface area contributed by atoms with Gasteiger partial charge in [-0.25, -0.2) is 38.3 Å². The third-order valence-corrected chi connectivity index (χ3v) is 17.9. The molecular formula is C69H60N12O6S3. The van der Waals surface area contributed by atoms with Gasteiger partial charge >= 0.3 is 0 Å². The van der Waals surface area contributed by atoms with Crippen LogP contribution < -0.4 is 16.0 Å². The van der Waals surface area contributed by atoms with E-state index in [0.717, 1.165) is 112 Å². The Hall–Kier alpha value is -9.96. The van der Waals surface area contributed by atoms with E-state index in [0.29, 0.717) is 56.9 Å². The molecule has 3 saturated carbocycles. The lowest BCUT2D eigenvalue weighted by Gasteiger charge is -2.09. The van der Waals surface area contributed by atoms with E-state index in [4.69, 9.17) is 4.98 Å². The molecule has 15 rings (SSSR count). The molecule has 6 aromatic heterocycles. The topological polar surface area (TPSA) is 229 Å². The Morgan fingerprint density at radius 3 is 1.14 bits per heavy atom. The van der Waals surface area contributed by atoms with Gasteiger partial charge in [0, 0.05) is 99.3 Å². The van der Waals surface area contributed by atoms with E-state index in [9.17, 15) is 27.0 Å². The first-order chi connectivity index (χ1) is 43.7. The van der Waals surface area contributed by atoms with Crippen molar-refractivity contribution in [3.8, 4) is 67.5 Å². The van der Waals surface area contributed by atoms with Crippen LogP contribution in [0.1, 0.15) is 69.6 Å². The molecule has 12 aromatic rings. The highest BCUT2D eigenvalue weighted by atomic mass is 32.2. The number of benzene rings is 6. The monoisotopic (exact) mass is 1250 g/mol. The van der Waals surface area contributed by atoms with Crippen LogP contribution in [0.5, 0.6) is 0 Å². The fourth-order valence-electron chi connectivity index (χ4n) is 10.2. The van der Waals surface area contributed by atoms with E-state index in [1.165, 1.54) is 0 Å². The van der Waals surface area contributed by atoms with Crippen LogP contribution in [-0.4, -0.2) is 110 Å². The zero-order chi connectivity index (χ0) is 62.0. The lowest BCUT2D eigenvalue weighted by atomic mass is 10.1. The number of amides is 3. The lowest BCUT2D eigenvalue weighted by molar-refractivity contribution is 0.0942. The predicted octanol–water partition coefficient (Wildman–Crippen LogP) is 11.7. The van der Waals surface area contributed by atoms with Crippen LogP contribution in [0.4, 0.5) is 0 Å². The molecule has 0 spiro atoms. The van der Waals surface area contributed by atoms with Gasteiger partial charge in [0.15, 0.2) is 36.8 Å². The third-order valence-electron chi connectivity index (χ3n) is 15.5. The average molecular weight is 1250 g/mol. The number of thioether (sulfide) groups is 1. The predicted molar refractivity (Wildman–Crippen MR) is 350 cm³/mol. The minimum Gasteiger partial charge on any atom is -0.349 e. The highest BCUT2D eigenvalue weighted by molar-refractivity contribution is 7.98. The fourth-order valence-corrected chi connectivity index (χ4v) is 12.1. The summed E-state index contributed by atoms with van der Waals surface area (Å²) in [6.07, 6.45) is 22.1. The molecule has 0 radical (unpaired) electrons. The van der Waals surface area contributed by atoms with Crippen LogP contribution in [0, 0.1) is 0 Å². The molecule has 90 heavy (non-hydrogen) atoms. The summed E-state index contributed by atoms with van der Waals surface area (Å²) in [6, 6.07) is 52.7. The summed E-state index contributed by atoms with van der Waals surface area (Å²) < 4.78 is 43.0. The first-order valence-electron chi connectivity index (χ1n) is 29.3. The van der Waals surface area contributed by atoms with Gasteiger partial charge in [0.05, 0.1) is 63.6 Å². The van der Waals surface area contributed by atoms with E-state index < -0.39 is 20.6 Å². The molecule has 21 heteroatoms. The van der Waals surface area contributed by atoms with Crippen LogP contribution in [0.15, 0.2) is 216 Å². The van der Waals surface area contributed by atoms with E-state index >= 15 is 0 Å². The van der Waals surface area contributed by atoms with Gasteiger partial charge in [-0.1, -0.05) is 127 Å². The second kappa shape index (κ2) is 25.3. The molecule has 0 aliphatic heterocycles. The summed E-state index contributed by atoms with van der Waals surface area (Å²) in [4.78, 5) is 64.0. The normalized spacial score (nSPS) is 14.0. The molecule has 3 amide bonds. The molecule has 1 unspecified atom stereocenters. The maximum atomic E-state index is 12.4. The minimum atomic E-state index is -3.60. The molecule has 450 valence electrons. The number of sulfone groups is 1. The Labute approximate surface area is 525 Å². The molecule has 0 bridgehead atoms. The largest absolute Gasteiger partial charge is 0.349 e. The molecule has 3 fully saturated rings. The van der Waals surface area contributed by atoms with Crippen molar-refractivity contribution in [1.29, 1.82) is 0 Å². The second-order valence-electron chi connectivity index (χ2n) is 22.3. The number of aromatic nitrogens is 9. The number of carbonyl (C=O) groups is 3. The van der Waals surface area contributed by atoms with Gasteiger partial charge in [0.1, 0.15) is 5.03 Å². The number of hydrogen-bond donors (Lipinski definition) is 3. The van der Waals surface area contributed by atoms with Gasteiger partial charge in [-0.05, 0) is 81.2 Å². The molecule has 3 N–H and O–H groups in total. The average Bonchev–Trinajstić information content (AvgIpc) is 1.94. The van der Waals surface area contributed by atoms with Crippen LogP contribution in [0.2, 0.25) is 0 Å². The first-order valence-corrected chi connectivity index (χ1v) is 34.0. The number of nitrogens with zero attached hydrogens (tertiary/aromatic N) is 9. The summed E-state index contributed by atoms with van der Waals surface area (Å²) in [6.45, 7) is 0. The summed E-state index contributed by atoms with van der Waals surface area (Å²) in [5.74, 6) is -0.124. The smallest absolute Gasteiger partial charge is 0.251 e. The zero-order valence-corrected chi connectivity index (χ0v) is 51.7. The van der Waals surface area contributed by atoms with Crippen LogP contribution >= 0.6 is 11.8 Å². The summed E-state index contributed by atoms with van der Waals surface area (Å²) >= 11 is 1.59. The van der Waals surface area contributed by atoms with Crippen LogP contribution in [0.25, 0.3) is 84.5 Å². The molecular weight excluding hydrogens is 1190 g/mol. The van der Waals surface area contributed by atoms with Crippen molar-refractivity contribution in [2.75, 3.05) is 18.8 Å². The molecule has 3 aliphatic rings.